The summed E-state index contributed by atoms with van der Waals surface area (Å²) in [6, 6.07) is 13.7. The van der Waals surface area contributed by atoms with Gasteiger partial charge in [-0.3, -0.25) is 0 Å². The summed E-state index contributed by atoms with van der Waals surface area (Å²) < 4.78 is 5.25. The second-order valence-electron chi connectivity index (χ2n) is 7.76. The Morgan fingerprint density at radius 3 is 2.76 bits per heavy atom. The maximum atomic E-state index is 12.0. The summed E-state index contributed by atoms with van der Waals surface area (Å²) in [6.07, 6.45) is 2.74. The van der Waals surface area contributed by atoms with Crippen molar-refractivity contribution in [2.45, 2.75) is 57.1 Å². The predicted molar refractivity (Wildman–Crippen MR) is 118 cm³/mol. The number of hydrogen-bond donors (Lipinski definition) is 1. The van der Waals surface area contributed by atoms with Gasteiger partial charge in [0.1, 0.15) is 4.88 Å². The van der Waals surface area contributed by atoms with Crippen molar-refractivity contribution in [3.05, 3.63) is 57.8 Å². The van der Waals surface area contributed by atoms with Crippen molar-refractivity contribution in [2.24, 2.45) is 11.8 Å². The van der Waals surface area contributed by atoms with E-state index in [2.05, 4.69) is 11.8 Å². The van der Waals surface area contributed by atoms with Crippen molar-refractivity contribution in [3.63, 3.8) is 0 Å². The minimum atomic E-state index is -0.474. The molecule has 1 fully saturated rings. The highest BCUT2D eigenvalue weighted by Crippen LogP contribution is 2.39. The first-order chi connectivity index (χ1) is 13.9. The Morgan fingerprint density at radius 2 is 2.03 bits per heavy atom. The summed E-state index contributed by atoms with van der Waals surface area (Å²) in [4.78, 5) is 13.8. The number of benzene rings is 1. The van der Waals surface area contributed by atoms with Crippen LogP contribution in [0, 0.1) is 23.7 Å². The second kappa shape index (κ2) is 10.3. The van der Waals surface area contributed by atoms with Gasteiger partial charge >= 0.3 is 5.97 Å². The average Bonchev–Trinajstić information content (AvgIpc) is 3.25. The molecule has 1 aliphatic rings. The Balaban J connectivity index is 1.57. The topological polar surface area (TPSA) is 46.5 Å². The normalized spacial score (nSPS) is 23.6. The van der Waals surface area contributed by atoms with Gasteiger partial charge in [0.15, 0.2) is 0 Å². The molecule has 3 nitrogen and oxygen atoms in total. The summed E-state index contributed by atoms with van der Waals surface area (Å²) in [7, 11) is 0. The van der Waals surface area contributed by atoms with E-state index in [0.29, 0.717) is 11.3 Å². The smallest absolute Gasteiger partial charge is 0.348 e. The molecule has 0 bridgehead atoms. The van der Waals surface area contributed by atoms with Gasteiger partial charge in [-0.1, -0.05) is 30.0 Å². The standard InChI is InChI=1S/C24H27ClO3S/c1-16(2)28-24(27)23-14-12-18(29-23)9-6-10-19-20(22(26)15-21(19)25)13-11-17-7-4-3-5-8-17/h3-5,7-8,12,14,16,19-22,26H,6,9-10,15H2,1-2H3/t19-,20-,21-,22-/m1/s1. The van der Waals surface area contributed by atoms with Crippen molar-refractivity contribution in [3.8, 4) is 11.8 Å². The lowest BCUT2D eigenvalue weighted by atomic mass is 9.90. The number of halogens is 1. The number of hydrogen-bond acceptors (Lipinski definition) is 4. The minimum absolute atomic E-state index is 0.0556. The quantitative estimate of drug-likeness (QED) is 0.384. The number of thiophene rings is 1. The Hall–Kier alpha value is -1.80. The number of carbonyl (C=O) groups is 1. The van der Waals surface area contributed by atoms with Gasteiger partial charge in [0.2, 0.25) is 0 Å². The zero-order chi connectivity index (χ0) is 20.8. The van der Waals surface area contributed by atoms with E-state index in [4.69, 9.17) is 16.3 Å². The molecule has 3 rings (SSSR count). The first-order valence-corrected chi connectivity index (χ1v) is 11.4. The third-order valence-electron chi connectivity index (χ3n) is 5.13. The van der Waals surface area contributed by atoms with Gasteiger partial charge in [0.25, 0.3) is 0 Å². The van der Waals surface area contributed by atoms with Crippen LogP contribution >= 0.6 is 22.9 Å². The van der Waals surface area contributed by atoms with E-state index in [0.717, 1.165) is 29.7 Å². The van der Waals surface area contributed by atoms with E-state index in [9.17, 15) is 9.90 Å². The zero-order valence-electron chi connectivity index (χ0n) is 16.8. The summed E-state index contributed by atoms with van der Waals surface area (Å²) >= 11 is 8.03. The maximum absolute atomic E-state index is 12.0. The largest absolute Gasteiger partial charge is 0.459 e. The third kappa shape index (κ3) is 6.09. The number of alkyl halides is 1. The van der Waals surface area contributed by atoms with Crippen LogP contribution in [0.2, 0.25) is 0 Å². The molecule has 0 amide bonds. The highest BCUT2D eigenvalue weighted by atomic mass is 35.5. The summed E-state index contributed by atoms with van der Waals surface area (Å²) in [5.74, 6) is 6.28. The highest BCUT2D eigenvalue weighted by Gasteiger charge is 2.40. The monoisotopic (exact) mass is 430 g/mol. The maximum Gasteiger partial charge on any atom is 0.348 e. The number of rotatable bonds is 6. The molecule has 1 aromatic heterocycles. The Morgan fingerprint density at radius 1 is 1.28 bits per heavy atom. The summed E-state index contributed by atoms with van der Waals surface area (Å²) in [6.45, 7) is 3.70. The first kappa shape index (κ1) is 21.9. The van der Waals surface area contributed by atoms with Gasteiger partial charge in [0.05, 0.1) is 18.1 Å². The number of aryl methyl sites for hydroxylation is 1. The highest BCUT2D eigenvalue weighted by molar-refractivity contribution is 7.13. The third-order valence-corrected chi connectivity index (χ3v) is 6.76. The van der Waals surface area contributed by atoms with E-state index >= 15 is 0 Å². The Labute approximate surface area is 182 Å². The lowest BCUT2D eigenvalue weighted by Crippen LogP contribution is -2.19. The fraction of sp³-hybridized carbons (Fsp3) is 0.458. The first-order valence-electron chi connectivity index (χ1n) is 10.1. The van der Waals surface area contributed by atoms with Crippen LogP contribution in [-0.4, -0.2) is 28.7 Å². The van der Waals surface area contributed by atoms with Gasteiger partial charge in [-0.2, -0.15) is 0 Å². The lowest BCUT2D eigenvalue weighted by Gasteiger charge is -2.18. The number of esters is 1. The molecule has 0 unspecified atom stereocenters. The van der Waals surface area contributed by atoms with Crippen LogP contribution in [0.1, 0.15) is 53.2 Å². The van der Waals surface area contributed by atoms with Crippen LogP contribution in [0.25, 0.3) is 0 Å². The number of aliphatic hydroxyl groups is 1. The fourth-order valence-electron chi connectivity index (χ4n) is 3.72. The van der Waals surface area contributed by atoms with Crippen LogP contribution in [0.15, 0.2) is 42.5 Å². The number of ether oxygens (including phenoxy) is 1. The molecule has 1 heterocycles. The molecule has 2 aromatic rings. The van der Waals surface area contributed by atoms with E-state index in [1.807, 2.05) is 56.3 Å². The average molecular weight is 431 g/mol. The predicted octanol–water partition coefficient (Wildman–Crippen LogP) is 5.29. The molecule has 0 radical (unpaired) electrons. The molecule has 1 aliphatic carbocycles. The Kier molecular flexibility index (Phi) is 7.77. The molecule has 0 saturated heterocycles. The molecular weight excluding hydrogens is 404 g/mol. The van der Waals surface area contributed by atoms with Crippen molar-refractivity contribution < 1.29 is 14.6 Å². The van der Waals surface area contributed by atoms with Crippen molar-refractivity contribution in [1.29, 1.82) is 0 Å². The molecule has 1 N–H and O–H groups in total. The summed E-state index contributed by atoms with van der Waals surface area (Å²) in [5, 5.41) is 10.4. The molecule has 5 heteroatoms. The number of aliphatic hydroxyl groups excluding tert-OH is 1. The van der Waals surface area contributed by atoms with Crippen LogP contribution < -0.4 is 0 Å². The lowest BCUT2D eigenvalue weighted by molar-refractivity contribution is 0.0384. The zero-order valence-corrected chi connectivity index (χ0v) is 18.4. The molecule has 1 saturated carbocycles. The molecule has 29 heavy (non-hydrogen) atoms. The van der Waals surface area contributed by atoms with Gasteiger partial charge < -0.3 is 9.84 Å². The van der Waals surface area contributed by atoms with Crippen LogP contribution in [0.3, 0.4) is 0 Å². The van der Waals surface area contributed by atoms with Crippen molar-refractivity contribution >= 4 is 28.9 Å². The molecule has 1 aromatic carbocycles. The van der Waals surface area contributed by atoms with Gasteiger partial charge in [-0.05, 0) is 69.7 Å². The van der Waals surface area contributed by atoms with Crippen LogP contribution in [0.4, 0.5) is 0 Å². The van der Waals surface area contributed by atoms with Crippen LogP contribution in [-0.2, 0) is 11.2 Å². The minimum Gasteiger partial charge on any atom is -0.459 e. The molecule has 0 spiro atoms. The molecule has 0 aliphatic heterocycles. The molecule has 4 atom stereocenters. The second-order valence-corrected chi connectivity index (χ2v) is 9.49. The van der Waals surface area contributed by atoms with Crippen molar-refractivity contribution in [2.75, 3.05) is 0 Å². The number of carbonyl (C=O) groups excluding carboxylic acids is 1. The van der Waals surface area contributed by atoms with Crippen molar-refractivity contribution in [1.82, 2.24) is 0 Å². The fourth-order valence-corrected chi connectivity index (χ4v) is 5.12. The van der Waals surface area contributed by atoms with E-state index < -0.39 is 6.10 Å². The Bertz CT molecular complexity index is 865. The summed E-state index contributed by atoms with van der Waals surface area (Å²) in [5.41, 5.74) is 0.955. The van der Waals surface area contributed by atoms with E-state index in [-0.39, 0.29) is 29.3 Å². The van der Waals surface area contributed by atoms with Gasteiger partial charge in [-0.25, -0.2) is 4.79 Å². The van der Waals surface area contributed by atoms with Gasteiger partial charge in [0, 0.05) is 15.8 Å². The molecule has 154 valence electrons. The van der Waals surface area contributed by atoms with Gasteiger partial charge in [-0.15, -0.1) is 22.9 Å². The van der Waals surface area contributed by atoms with E-state index in [1.54, 1.807) is 0 Å². The molecular formula is C24H27ClO3S. The van der Waals surface area contributed by atoms with Crippen LogP contribution in [0.5, 0.6) is 0 Å². The van der Waals surface area contributed by atoms with E-state index in [1.165, 1.54) is 11.3 Å². The SMILES string of the molecule is CC(C)OC(=O)c1ccc(CCC[C@@H]2[C@@H](C#Cc3ccccc3)[C@H](O)C[C@H]2Cl)s1.